The molecule has 1 heterocycles. The monoisotopic (exact) mass is 474 g/mol. The molecule has 0 saturated carbocycles. The van der Waals surface area contributed by atoms with Crippen molar-refractivity contribution < 1.29 is 19.0 Å². The first kappa shape index (κ1) is 21.4. The third kappa shape index (κ3) is 4.81. The molecule has 3 aromatic rings. The number of methoxy groups -OCH3 is 3. The molecular weight excluding hydrogens is 456 g/mol. The Kier molecular flexibility index (Phi) is 7.09. The van der Waals surface area contributed by atoms with Crippen molar-refractivity contribution in [2.75, 3.05) is 21.3 Å². The summed E-state index contributed by atoms with van der Waals surface area (Å²) in [4.78, 5) is 12.5. The fraction of sp³-hybridized carbons (Fsp3) is 0.211. The smallest absolute Gasteiger partial charge is 0.273 e. The van der Waals surface area contributed by atoms with E-state index >= 15 is 0 Å². The van der Waals surface area contributed by atoms with E-state index in [-0.39, 0.29) is 0 Å². The topological polar surface area (TPSA) is 113 Å². The van der Waals surface area contributed by atoms with Crippen LogP contribution in [-0.4, -0.2) is 53.7 Å². The number of aromatic nitrogens is 4. The van der Waals surface area contributed by atoms with Crippen LogP contribution in [-0.2, 0) is 9.53 Å². The highest BCUT2D eigenvalue weighted by molar-refractivity contribution is 9.10. The predicted molar refractivity (Wildman–Crippen MR) is 112 cm³/mol. The molecule has 0 radical (unpaired) electrons. The van der Waals surface area contributed by atoms with E-state index in [1.54, 1.807) is 50.6 Å². The van der Waals surface area contributed by atoms with Crippen LogP contribution in [0.3, 0.4) is 0 Å². The highest BCUT2D eigenvalue weighted by atomic mass is 79.9. The van der Waals surface area contributed by atoms with E-state index in [4.69, 9.17) is 14.2 Å². The fourth-order valence-corrected chi connectivity index (χ4v) is 3.22. The minimum atomic E-state index is -0.834. The molecule has 1 N–H and O–H groups in total. The minimum absolute atomic E-state index is 0.417. The molecular formula is C19H19BrN6O4. The van der Waals surface area contributed by atoms with Crippen LogP contribution in [0.25, 0.3) is 5.69 Å². The number of tetrazole rings is 1. The number of carbonyl (C=O) groups is 1. The van der Waals surface area contributed by atoms with Crippen LogP contribution in [0.2, 0.25) is 0 Å². The number of carbonyl (C=O) groups excluding carboxylic acids is 1. The Morgan fingerprint density at radius 2 is 1.83 bits per heavy atom. The molecule has 0 spiro atoms. The Hall–Kier alpha value is -3.31. The standard InChI is InChI=1S/C19H19BrN6O4/c1-28-15-8-12(9-16(29-2)17(15)20)10-21-23-19(27)18(30-3)13-4-6-14(7-5-13)26-11-22-24-25-26/h4-11,18H,1-3H3,(H,23,27). The summed E-state index contributed by atoms with van der Waals surface area (Å²) >= 11 is 3.41. The maximum absolute atomic E-state index is 12.5. The van der Waals surface area contributed by atoms with Gasteiger partial charge in [0.1, 0.15) is 22.3 Å². The van der Waals surface area contributed by atoms with Crippen LogP contribution in [0.1, 0.15) is 17.2 Å². The van der Waals surface area contributed by atoms with Crippen LogP contribution in [0.4, 0.5) is 0 Å². The molecule has 0 bridgehead atoms. The first-order chi connectivity index (χ1) is 14.6. The van der Waals surface area contributed by atoms with Crippen molar-refractivity contribution in [1.29, 1.82) is 0 Å². The lowest BCUT2D eigenvalue weighted by Crippen LogP contribution is -2.26. The Morgan fingerprint density at radius 3 is 2.37 bits per heavy atom. The van der Waals surface area contributed by atoms with Gasteiger partial charge in [-0.1, -0.05) is 12.1 Å². The van der Waals surface area contributed by atoms with Gasteiger partial charge in [-0.3, -0.25) is 4.79 Å². The lowest BCUT2D eigenvalue weighted by molar-refractivity contribution is -0.131. The molecule has 1 amide bonds. The van der Waals surface area contributed by atoms with Gasteiger partial charge < -0.3 is 14.2 Å². The van der Waals surface area contributed by atoms with E-state index in [1.807, 2.05) is 0 Å². The summed E-state index contributed by atoms with van der Waals surface area (Å²) in [6.07, 6.45) is 2.14. The van der Waals surface area contributed by atoms with E-state index in [0.29, 0.717) is 27.1 Å². The van der Waals surface area contributed by atoms with Gasteiger partial charge in [-0.2, -0.15) is 5.10 Å². The molecule has 1 atom stereocenters. The van der Waals surface area contributed by atoms with E-state index in [1.165, 1.54) is 24.3 Å². The molecule has 3 rings (SSSR count). The molecule has 1 unspecified atom stereocenters. The zero-order valence-corrected chi connectivity index (χ0v) is 18.0. The van der Waals surface area contributed by atoms with Gasteiger partial charge in [0.25, 0.3) is 5.91 Å². The van der Waals surface area contributed by atoms with Crippen molar-refractivity contribution in [3.63, 3.8) is 0 Å². The maximum Gasteiger partial charge on any atom is 0.273 e. The third-order valence-corrected chi connectivity index (χ3v) is 4.92. The lowest BCUT2D eigenvalue weighted by Gasteiger charge is -2.14. The number of hydrogen-bond donors (Lipinski definition) is 1. The van der Waals surface area contributed by atoms with Crippen molar-refractivity contribution in [2.24, 2.45) is 5.10 Å². The normalized spacial score (nSPS) is 12.0. The van der Waals surface area contributed by atoms with Crippen LogP contribution in [0.15, 0.2) is 52.3 Å². The van der Waals surface area contributed by atoms with E-state index < -0.39 is 12.0 Å². The van der Waals surface area contributed by atoms with Crippen LogP contribution >= 0.6 is 15.9 Å². The molecule has 0 aliphatic carbocycles. The van der Waals surface area contributed by atoms with Gasteiger partial charge in [-0.15, -0.1) is 5.10 Å². The zero-order valence-electron chi connectivity index (χ0n) is 16.4. The van der Waals surface area contributed by atoms with Gasteiger partial charge in [0.2, 0.25) is 0 Å². The Bertz CT molecular complexity index is 999. The number of amides is 1. The second-order valence-electron chi connectivity index (χ2n) is 5.94. The molecule has 156 valence electrons. The lowest BCUT2D eigenvalue weighted by atomic mass is 10.1. The summed E-state index contributed by atoms with van der Waals surface area (Å²) in [6.45, 7) is 0. The first-order valence-electron chi connectivity index (χ1n) is 8.68. The number of rotatable bonds is 8. The predicted octanol–water partition coefficient (Wildman–Crippen LogP) is 2.28. The van der Waals surface area contributed by atoms with Gasteiger partial charge >= 0.3 is 0 Å². The van der Waals surface area contributed by atoms with Gasteiger partial charge in [-0.25, -0.2) is 10.1 Å². The van der Waals surface area contributed by atoms with Crippen LogP contribution < -0.4 is 14.9 Å². The van der Waals surface area contributed by atoms with E-state index in [0.717, 1.165) is 5.69 Å². The molecule has 10 nitrogen and oxygen atoms in total. The number of hydrogen-bond acceptors (Lipinski definition) is 8. The third-order valence-electron chi connectivity index (χ3n) is 4.14. The van der Waals surface area contributed by atoms with E-state index in [2.05, 4.69) is 42.0 Å². The molecule has 1 aromatic heterocycles. The molecule has 2 aromatic carbocycles. The first-order valence-corrected chi connectivity index (χ1v) is 9.47. The molecule has 0 fully saturated rings. The molecule has 11 heteroatoms. The largest absolute Gasteiger partial charge is 0.495 e. The highest BCUT2D eigenvalue weighted by Gasteiger charge is 2.20. The summed E-state index contributed by atoms with van der Waals surface area (Å²) in [5.74, 6) is 0.749. The van der Waals surface area contributed by atoms with Crippen LogP contribution in [0.5, 0.6) is 11.5 Å². The van der Waals surface area contributed by atoms with Crippen LogP contribution in [0, 0.1) is 0 Å². The Balaban J connectivity index is 1.70. The van der Waals surface area contributed by atoms with Crippen molar-refractivity contribution in [3.8, 4) is 17.2 Å². The second kappa shape index (κ2) is 9.94. The number of hydrazone groups is 1. The van der Waals surface area contributed by atoms with Crippen molar-refractivity contribution in [2.45, 2.75) is 6.10 Å². The molecule has 30 heavy (non-hydrogen) atoms. The van der Waals surface area contributed by atoms with Crippen molar-refractivity contribution in [3.05, 3.63) is 58.3 Å². The molecule has 0 aliphatic heterocycles. The van der Waals surface area contributed by atoms with Gasteiger partial charge in [0.15, 0.2) is 6.10 Å². The molecule has 0 aliphatic rings. The average Bonchev–Trinajstić information content (AvgIpc) is 3.30. The summed E-state index contributed by atoms with van der Waals surface area (Å²) in [7, 11) is 4.56. The van der Waals surface area contributed by atoms with Gasteiger partial charge in [0, 0.05) is 12.7 Å². The number of nitrogens with one attached hydrogen (secondary N) is 1. The van der Waals surface area contributed by atoms with Gasteiger partial charge in [-0.05, 0) is 56.2 Å². The summed E-state index contributed by atoms with van der Waals surface area (Å²) in [6, 6.07) is 10.6. The second-order valence-corrected chi connectivity index (χ2v) is 6.73. The summed E-state index contributed by atoms with van der Waals surface area (Å²) in [5.41, 5.74) is 4.59. The summed E-state index contributed by atoms with van der Waals surface area (Å²) < 4.78 is 18.1. The molecule has 0 saturated heterocycles. The number of benzene rings is 2. The average molecular weight is 475 g/mol. The van der Waals surface area contributed by atoms with Crippen molar-refractivity contribution >= 4 is 28.1 Å². The zero-order chi connectivity index (χ0) is 21.5. The number of nitrogens with zero attached hydrogens (tertiary/aromatic N) is 5. The quantitative estimate of drug-likeness (QED) is 0.393. The fourth-order valence-electron chi connectivity index (χ4n) is 2.67. The summed E-state index contributed by atoms with van der Waals surface area (Å²) in [5, 5.41) is 15.0. The minimum Gasteiger partial charge on any atom is -0.495 e. The number of ether oxygens (including phenoxy) is 3. The Labute approximate surface area is 181 Å². The van der Waals surface area contributed by atoms with Crippen molar-refractivity contribution in [1.82, 2.24) is 25.6 Å². The maximum atomic E-state index is 12.5. The highest BCUT2D eigenvalue weighted by Crippen LogP contribution is 2.35. The van der Waals surface area contributed by atoms with E-state index in [9.17, 15) is 4.79 Å². The van der Waals surface area contributed by atoms with Gasteiger partial charge in [0.05, 0.1) is 26.1 Å². The SMILES string of the molecule is COc1cc(C=NNC(=O)C(OC)c2ccc(-n3cnnn3)cc2)cc(OC)c1Br. The Morgan fingerprint density at radius 1 is 1.17 bits per heavy atom. The number of halogens is 1.